The van der Waals surface area contributed by atoms with Crippen molar-refractivity contribution in [3.05, 3.63) is 23.9 Å². The van der Waals surface area contributed by atoms with Crippen molar-refractivity contribution in [2.45, 2.75) is 26.8 Å². The average Bonchev–Trinajstić information content (AvgIpc) is 2.30. The van der Waals surface area contributed by atoms with Gasteiger partial charge in [-0.1, -0.05) is 19.9 Å². The molecule has 1 atom stereocenters. The van der Waals surface area contributed by atoms with Crippen molar-refractivity contribution in [2.75, 3.05) is 24.5 Å². The summed E-state index contributed by atoms with van der Waals surface area (Å²) in [6, 6.07) is 4.83. The molecule has 1 N–H and O–H groups in total. The Labute approximate surface area is 97.9 Å². The topological polar surface area (TPSA) is 28.2 Å². The van der Waals surface area contributed by atoms with Gasteiger partial charge in [-0.05, 0) is 24.5 Å². The summed E-state index contributed by atoms with van der Waals surface area (Å²) in [6.07, 6.45) is 1.95. The summed E-state index contributed by atoms with van der Waals surface area (Å²) in [4.78, 5) is 6.96. The van der Waals surface area contributed by atoms with Crippen molar-refractivity contribution in [1.29, 1.82) is 0 Å². The number of hydrogen-bond donors (Lipinski definition) is 1. The number of aryl methyl sites for hydroxylation is 1. The van der Waals surface area contributed by atoms with Crippen LogP contribution >= 0.6 is 0 Å². The summed E-state index contributed by atoms with van der Waals surface area (Å²) in [7, 11) is 0. The summed E-state index contributed by atoms with van der Waals surface area (Å²) in [5.41, 5.74) is 1.22. The first-order chi connectivity index (χ1) is 7.68. The van der Waals surface area contributed by atoms with E-state index in [1.165, 1.54) is 5.56 Å². The molecule has 16 heavy (non-hydrogen) atoms. The molecule has 1 aromatic rings. The Kier molecular flexibility index (Phi) is 3.44. The van der Waals surface area contributed by atoms with E-state index < -0.39 is 0 Å². The van der Waals surface area contributed by atoms with E-state index >= 15 is 0 Å². The standard InChI is InChI=1S/C13H21N3/c1-10(2)12-9-14-6-7-16(12)13-5-4-11(3)8-15-13/h4-5,8,10,12,14H,6-7,9H2,1-3H3/t12-/m0/s1. The maximum Gasteiger partial charge on any atom is 0.128 e. The highest BCUT2D eigenvalue weighted by molar-refractivity contribution is 5.41. The molecule has 1 aliphatic heterocycles. The van der Waals surface area contributed by atoms with Crippen LogP contribution in [0.4, 0.5) is 5.82 Å². The van der Waals surface area contributed by atoms with Crippen LogP contribution in [0.2, 0.25) is 0 Å². The number of pyridine rings is 1. The molecule has 1 fully saturated rings. The molecule has 0 aromatic carbocycles. The third-order valence-electron chi connectivity index (χ3n) is 3.24. The zero-order valence-electron chi connectivity index (χ0n) is 10.4. The number of aromatic nitrogens is 1. The van der Waals surface area contributed by atoms with Crippen molar-refractivity contribution >= 4 is 5.82 Å². The minimum atomic E-state index is 0.559. The molecular weight excluding hydrogens is 198 g/mol. The first kappa shape index (κ1) is 11.4. The highest BCUT2D eigenvalue weighted by Gasteiger charge is 2.25. The van der Waals surface area contributed by atoms with Crippen LogP contribution in [0.3, 0.4) is 0 Å². The second-order valence-corrected chi connectivity index (χ2v) is 4.90. The van der Waals surface area contributed by atoms with E-state index in [1.807, 2.05) is 6.20 Å². The van der Waals surface area contributed by atoms with Gasteiger partial charge in [-0.15, -0.1) is 0 Å². The van der Waals surface area contributed by atoms with Gasteiger partial charge < -0.3 is 10.2 Å². The van der Waals surface area contributed by atoms with E-state index in [0.717, 1.165) is 25.5 Å². The molecule has 2 heterocycles. The number of nitrogens with zero attached hydrogens (tertiary/aromatic N) is 2. The Morgan fingerprint density at radius 2 is 2.25 bits per heavy atom. The lowest BCUT2D eigenvalue weighted by molar-refractivity contribution is 0.388. The van der Waals surface area contributed by atoms with Crippen molar-refractivity contribution < 1.29 is 0 Å². The average molecular weight is 219 g/mol. The zero-order valence-corrected chi connectivity index (χ0v) is 10.4. The van der Waals surface area contributed by atoms with E-state index in [4.69, 9.17) is 0 Å². The Morgan fingerprint density at radius 1 is 1.44 bits per heavy atom. The third-order valence-corrected chi connectivity index (χ3v) is 3.24. The zero-order chi connectivity index (χ0) is 11.5. The lowest BCUT2D eigenvalue weighted by Crippen LogP contribution is -2.54. The summed E-state index contributed by atoms with van der Waals surface area (Å²) >= 11 is 0. The van der Waals surface area contributed by atoms with Gasteiger partial charge in [0.05, 0.1) is 0 Å². The Bertz CT molecular complexity index is 332. The van der Waals surface area contributed by atoms with Crippen molar-refractivity contribution in [2.24, 2.45) is 5.92 Å². The number of piperazine rings is 1. The van der Waals surface area contributed by atoms with Gasteiger partial charge >= 0.3 is 0 Å². The van der Waals surface area contributed by atoms with Gasteiger partial charge in [0.25, 0.3) is 0 Å². The Morgan fingerprint density at radius 3 is 2.88 bits per heavy atom. The molecule has 1 saturated heterocycles. The van der Waals surface area contributed by atoms with Gasteiger partial charge in [0.1, 0.15) is 5.82 Å². The van der Waals surface area contributed by atoms with Crippen LogP contribution in [-0.2, 0) is 0 Å². The van der Waals surface area contributed by atoms with Gasteiger partial charge in [0.2, 0.25) is 0 Å². The molecule has 0 bridgehead atoms. The molecule has 0 unspecified atom stereocenters. The number of nitrogens with one attached hydrogen (secondary N) is 1. The highest BCUT2D eigenvalue weighted by atomic mass is 15.3. The van der Waals surface area contributed by atoms with Gasteiger partial charge in [-0.25, -0.2) is 4.98 Å². The van der Waals surface area contributed by atoms with Gasteiger partial charge in [0, 0.05) is 31.9 Å². The molecular formula is C13H21N3. The Hall–Kier alpha value is -1.09. The summed E-state index contributed by atoms with van der Waals surface area (Å²) in [5, 5.41) is 3.46. The van der Waals surface area contributed by atoms with E-state index in [1.54, 1.807) is 0 Å². The normalized spacial score (nSPS) is 21.5. The van der Waals surface area contributed by atoms with Crippen LogP contribution in [0, 0.1) is 12.8 Å². The quantitative estimate of drug-likeness (QED) is 0.822. The molecule has 1 aliphatic rings. The second-order valence-electron chi connectivity index (χ2n) is 4.90. The first-order valence-electron chi connectivity index (χ1n) is 6.08. The molecule has 2 rings (SSSR count). The number of hydrogen-bond acceptors (Lipinski definition) is 3. The fourth-order valence-electron chi connectivity index (χ4n) is 2.24. The van der Waals surface area contributed by atoms with E-state index in [0.29, 0.717) is 12.0 Å². The fraction of sp³-hybridized carbons (Fsp3) is 0.615. The summed E-state index contributed by atoms with van der Waals surface area (Å²) in [5.74, 6) is 1.77. The molecule has 0 amide bonds. The van der Waals surface area contributed by atoms with E-state index in [-0.39, 0.29) is 0 Å². The van der Waals surface area contributed by atoms with Crippen molar-refractivity contribution in [3.63, 3.8) is 0 Å². The van der Waals surface area contributed by atoms with Crippen LogP contribution in [-0.4, -0.2) is 30.7 Å². The number of rotatable bonds is 2. The first-order valence-corrected chi connectivity index (χ1v) is 6.08. The monoisotopic (exact) mass is 219 g/mol. The van der Waals surface area contributed by atoms with Crippen LogP contribution < -0.4 is 10.2 Å². The van der Waals surface area contributed by atoms with Crippen molar-refractivity contribution in [1.82, 2.24) is 10.3 Å². The maximum atomic E-state index is 4.53. The molecule has 3 nitrogen and oxygen atoms in total. The predicted octanol–water partition coefficient (Wildman–Crippen LogP) is 1.82. The van der Waals surface area contributed by atoms with E-state index in [9.17, 15) is 0 Å². The third kappa shape index (κ3) is 2.35. The molecule has 0 spiro atoms. The second kappa shape index (κ2) is 4.83. The lowest BCUT2D eigenvalue weighted by atomic mass is 10.0. The summed E-state index contributed by atoms with van der Waals surface area (Å²) in [6.45, 7) is 9.80. The molecule has 0 saturated carbocycles. The molecule has 3 heteroatoms. The van der Waals surface area contributed by atoms with Gasteiger partial charge in [-0.2, -0.15) is 0 Å². The Balaban J connectivity index is 2.19. The predicted molar refractivity (Wildman–Crippen MR) is 67.8 cm³/mol. The molecule has 0 aliphatic carbocycles. The minimum Gasteiger partial charge on any atom is -0.351 e. The van der Waals surface area contributed by atoms with Gasteiger partial charge in [-0.3, -0.25) is 0 Å². The minimum absolute atomic E-state index is 0.559. The molecule has 88 valence electrons. The smallest absolute Gasteiger partial charge is 0.128 e. The number of anilines is 1. The van der Waals surface area contributed by atoms with Crippen LogP contribution in [0.15, 0.2) is 18.3 Å². The maximum absolute atomic E-state index is 4.53. The molecule has 0 radical (unpaired) electrons. The summed E-state index contributed by atoms with van der Waals surface area (Å²) < 4.78 is 0. The van der Waals surface area contributed by atoms with Crippen LogP contribution in [0.1, 0.15) is 19.4 Å². The highest BCUT2D eigenvalue weighted by Crippen LogP contribution is 2.20. The SMILES string of the molecule is Cc1ccc(N2CCNC[C@H]2C(C)C)nc1. The van der Waals surface area contributed by atoms with Crippen molar-refractivity contribution in [3.8, 4) is 0 Å². The van der Waals surface area contributed by atoms with E-state index in [2.05, 4.69) is 48.1 Å². The van der Waals surface area contributed by atoms with Crippen LogP contribution in [0.25, 0.3) is 0 Å². The lowest BCUT2D eigenvalue weighted by Gasteiger charge is -2.39. The van der Waals surface area contributed by atoms with Crippen LogP contribution in [0.5, 0.6) is 0 Å². The van der Waals surface area contributed by atoms with Gasteiger partial charge in [0.15, 0.2) is 0 Å². The fourth-order valence-corrected chi connectivity index (χ4v) is 2.24. The molecule has 1 aromatic heterocycles. The largest absolute Gasteiger partial charge is 0.351 e.